The molecule has 0 saturated heterocycles. The maximum atomic E-state index is 9.87. The van der Waals surface area contributed by atoms with Gasteiger partial charge in [0.15, 0.2) is 0 Å². The van der Waals surface area contributed by atoms with Gasteiger partial charge in [-0.1, -0.05) is 18.2 Å². The van der Waals surface area contributed by atoms with E-state index in [9.17, 15) is 5.11 Å². The molecule has 1 aliphatic heterocycles. The van der Waals surface area contributed by atoms with E-state index in [1.54, 1.807) is 6.20 Å². The van der Waals surface area contributed by atoms with Gasteiger partial charge >= 0.3 is 0 Å². The minimum absolute atomic E-state index is 0.416. The molecule has 0 radical (unpaired) electrons. The third kappa shape index (κ3) is 0.930. The Balaban J connectivity index is 2.30. The molecule has 0 saturated carbocycles. The van der Waals surface area contributed by atoms with E-state index in [4.69, 9.17) is 0 Å². The first-order chi connectivity index (χ1) is 6.86. The normalized spacial score (nSPS) is 18.8. The van der Waals surface area contributed by atoms with Crippen LogP contribution in [0.15, 0.2) is 36.7 Å². The van der Waals surface area contributed by atoms with Crippen LogP contribution in [0.1, 0.15) is 17.5 Å². The van der Waals surface area contributed by atoms with Gasteiger partial charge in [-0.25, -0.2) is 4.98 Å². The SMILES string of the molecule is OC1Cc2nccn2-c2ccccc21. The largest absolute Gasteiger partial charge is 0.388 e. The van der Waals surface area contributed by atoms with Crippen LogP contribution < -0.4 is 0 Å². The minimum Gasteiger partial charge on any atom is -0.388 e. The third-order valence-electron chi connectivity index (χ3n) is 2.65. The van der Waals surface area contributed by atoms with Gasteiger partial charge in [0.2, 0.25) is 0 Å². The Morgan fingerprint density at radius 3 is 3.14 bits per heavy atom. The molecule has 1 unspecified atom stereocenters. The topological polar surface area (TPSA) is 38.1 Å². The Morgan fingerprint density at radius 2 is 2.21 bits per heavy atom. The summed E-state index contributed by atoms with van der Waals surface area (Å²) in [5.74, 6) is 0.927. The van der Waals surface area contributed by atoms with E-state index < -0.39 is 6.10 Å². The summed E-state index contributed by atoms with van der Waals surface area (Å²) in [6.45, 7) is 0. The van der Waals surface area contributed by atoms with E-state index >= 15 is 0 Å². The zero-order chi connectivity index (χ0) is 9.54. The molecule has 1 aliphatic rings. The molecule has 3 rings (SSSR count). The number of imidazole rings is 1. The standard InChI is InChI=1S/C11H10N2O/c14-10-7-11-12-5-6-13(11)9-4-2-1-3-8(9)10/h1-6,10,14H,7H2. The molecule has 14 heavy (non-hydrogen) atoms. The maximum Gasteiger partial charge on any atom is 0.116 e. The first-order valence-electron chi connectivity index (χ1n) is 4.66. The van der Waals surface area contributed by atoms with Crippen molar-refractivity contribution in [2.75, 3.05) is 0 Å². The van der Waals surface area contributed by atoms with Crippen LogP contribution in [-0.2, 0) is 6.42 Å². The summed E-state index contributed by atoms with van der Waals surface area (Å²) >= 11 is 0. The molecule has 2 heterocycles. The van der Waals surface area contributed by atoms with Gasteiger partial charge in [-0.05, 0) is 6.07 Å². The van der Waals surface area contributed by atoms with Gasteiger partial charge in [-0.3, -0.25) is 0 Å². The molecule has 3 nitrogen and oxygen atoms in total. The smallest absolute Gasteiger partial charge is 0.116 e. The molecule has 0 fully saturated rings. The first kappa shape index (κ1) is 7.76. The van der Waals surface area contributed by atoms with Gasteiger partial charge in [0.1, 0.15) is 5.82 Å². The van der Waals surface area contributed by atoms with Crippen LogP contribution in [0.2, 0.25) is 0 Å². The van der Waals surface area contributed by atoms with Crippen LogP contribution in [0.3, 0.4) is 0 Å². The predicted molar refractivity (Wildman–Crippen MR) is 52.2 cm³/mol. The molecular weight excluding hydrogens is 176 g/mol. The lowest BCUT2D eigenvalue weighted by Gasteiger charge is -2.22. The Hall–Kier alpha value is -1.61. The fourth-order valence-corrected chi connectivity index (χ4v) is 1.98. The molecule has 1 aromatic carbocycles. The average Bonchev–Trinajstić information content (AvgIpc) is 2.66. The molecule has 70 valence electrons. The number of hydrogen-bond donors (Lipinski definition) is 1. The van der Waals surface area contributed by atoms with Crippen molar-refractivity contribution in [2.24, 2.45) is 0 Å². The summed E-state index contributed by atoms with van der Waals surface area (Å²) in [5, 5.41) is 9.87. The number of para-hydroxylation sites is 1. The highest BCUT2D eigenvalue weighted by Gasteiger charge is 2.22. The molecule has 0 amide bonds. The minimum atomic E-state index is -0.416. The lowest BCUT2D eigenvalue weighted by molar-refractivity contribution is 0.170. The Bertz CT molecular complexity index is 476. The third-order valence-corrected chi connectivity index (χ3v) is 2.65. The molecule has 2 aromatic rings. The number of fused-ring (bicyclic) bond motifs is 3. The van der Waals surface area contributed by atoms with E-state index in [-0.39, 0.29) is 0 Å². The molecule has 1 aromatic heterocycles. The molecule has 1 N–H and O–H groups in total. The van der Waals surface area contributed by atoms with E-state index in [0.29, 0.717) is 6.42 Å². The summed E-state index contributed by atoms with van der Waals surface area (Å²) in [5.41, 5.74) is 2.02. The first-order valence-corrected chi connectivity index (χ1v) is 4.66. The van der Waals surface area contributed by atoms with E-state index in [1.807, 2.05) is 35.0 Å². The van der Waals surface area contributed by atoms with Crippen molar-refractivity contribution in [3.8, 4) is 5.69 Å². The van der Waals surface area contributed by atoms with Gasteiger partial charge in [0.05, 0.1) is 11.8 Å². The van der Waals surface area contributed by atoms with Crippen LogP contribution in [0.4, 0.5) is 0 Å². The zero-order valence-electron chi connectivity index (χ0n) is 7.59. The summed E-state index contributed by atoms with van der Waals surface area (Å²) in [4.78, 5) is 4.21. The van der Waals surface area contributed by atoms with Gasteiger partial charge in [0, 0.05) is 24.4 Å². The average molecular weight is 186 g/mol. The van der Waals surface area contributed by atoms with Crippen molar-refractivity contribution >= 4 is 0 Å². The van der Waals surface area contributed by atoms with Gasteiger partial charge in [0.25, 0.3) is 0 Å². The number of benzene rings is 1. The highest BCUT2D eigenvalue weighted by Crippen LogP contribution is 2.29. The summed E-state index contributed by atoms with van der Waals surface area (Å²) in [6.07, 6.45) is 3.88. The van der Waals surface area contributed by atoms with Gasteiger partial charge < -0.3 is 9.67 Å². The predicted octanol–water partition coefficient (Wildman–Crippen LogP) is 1.46. The lowest BCUT2D eigenvalue weighted by atomic mass is 10.0. The highest BCUT2D eigenvalue weighted by molar-refractivity contribution is 5.46. The van der Waals surface area contributed by atoms with E-state index in [2.05, 4.69) is 4.98 Å². The molecule has 0 bridgehead atoms. The number of aromatic nitrogens is 2. The second-order valence-electron chi connectivity index (χ2n) is 3.49. The zero-order valence-corrected chi connectivity index (χ0v) is 7.59. The number of nitrogens with zero attached hydrogens (tertiary/aromatic N) is 2. The number of hydrogen-bond acceptors (Lipinski definition) is 2. The number of aliphatic hydroxyl groups excluding tert-OH is 1. The van der Waals surface area contributed by atoms with Crippen molar-refractivity contribution in [1.29, 1.82) is 0 Å². The van der Waals surface area contributed by atoms with Crippen LogP contribution in [0.25, 0.3) is 5.69 Å². The van der Waals surface area contributed by atoms with Crippen molar-refractivity contribution < 1.29 is 5.11 Å². The second kappa shape index (κ2) is 2.69. The van der Waals surface area contributed by atoms with Crippen LogP contribution in [0.5, 0.6) is 0 Å². The van der Waals surface area contributed by atoms with E-state index in [1.165, 1.54) is 0 Å². The summed E-state index contributed by atoms with van der Waals surface area (Å²) in [6, 6.07) is 7.89. The molecule has 0 aliphatic carbocycles. The summed E-state index contributed by atoms with van der Waals surface area (Å²) < 4.78 is 2.03. The quantitative estimate of drug-likeness (QED) is 0.676. The fraction of sp³-hybridized carbons (Fsp3) is 0.182. The highest BCUT2D eigenvalue weighted by atomic mass is 16.3. The summed E-state index contributed by atoms with van der Waals surface area (Å²) in [7, 11) is 0. The van der Waals surface area contributed by atoms with Gasteiger partial charge in [-0.2, -0.15) is 0 Å². The van der Waals surface area contributed by atoms with Crippen molar-refractivity contribution in [2.45, 2.75) is 12.5 Å². The molecule has 0 spiro atoms. The Labute approximate surface area is 81.6 Å². The monoisotopic (exact) mass is 186 g/mol. The Kier molecular flexibility index (Phi) is 1.49. The number of aliphatic hydroxyl groups is 1. The molecule has 1 atom stereocenters. The lowest BCUT2D eigenvalue weighted by Crippen LogP contribution is -2.16. The molecule has 3 heteroatoms. The van der Waals surface area contributed by atoms with Crippen molar-refractivity contribution in [1.82, 2.24) is 9.55 Å². The van der Waals surface area contributed by atoms with Gasteiger partial charge in [-0.15, -0.1) is 0 Å². The maximum absolute atomic E-state index is 9.87. The Morgan fingerprint density at radius 1 is 1.36 bits per heavy atom. The van der Waals surface area contributed by atoms with Crippen LogP contribution >= 0.6 is 0 Å². The van der Waals surface area contributed by atoms with Crippen molar-refractivity contribution in [3.05, 3.63) is 48.0 Å². The second-order valence-corrected chi connectivity index (χ2v) is 3.49. The number of rotatable bonds is 0. The fourth-order valence-electron chi connectivity index (χ4n) is 1.98. The van der Waals surface area contributed by atoms with Crippen LogP contribution in [-0.4, -0.2) is 14.7 Å². The van der Waals surface area contributed by atoms with Crippen molar-refractivity contribution in [3.63, 3.8) is 0 Å². The molecular formula is C11H10N2O. The van der Waals surface area contributed by atoms with E-state index in [0.717, 1.165) is 17.1 Å². The van der Waals surface area contributed by atoms with Crippen LogP contribution in [0, 0.1) is 0 Å².